The normalized spacial score (nSPS) is 51.9. The van der Waals surface area contributed by atoms with Crippen LogP contribution in [-0.4, -0.2) is 5.78 Å². The fraction of sp³-hybridized carbons (Fsp3) is 0.786. The molecule has 0 N–H and O–H groups in total. The molecular formula is C14H20O. The second-order valence-corrected chi connectivity index (χ2v) is 6.37. The molecule has 3 aliphatic rings. The maximum absolute atomic E-state index is 11.8. The number of allylic oxidation sites excluding steroid dienone is 2. The molecule has 3 rings (SSSR count). The third-order valence-electron chi connectivity index (χ3n) is 5.54. The van der Waals surface area contributed by atoms with Crippen molar-refractivity contribution in [2.45, 2.75) is 40.0 Å². The molecule has 2 fully saturated rings. The van der Waals surface area contributed by atoms with Crippen molar-refractivity contribution in [1.82, 2.24) is 0 Å². The van der Waals surface area contributed by atoms with Gasteiger partial charge in [0, 0.05) is 11.3 Å². The van der Waals surface area contributed by atoms with E-state index in [0.29, 0.717) is 17.1 Å². The molecule has 15 heavy (non-hydrogen) atoms. The molecule has 0 radical (unpaired) electrons. The second-order valence-electron chi connectivity index (χ2n) is 6.37. The second kappa shape index (κ2) is 2.56. The van der Waals surface area contributed by atoms with Gasteiger partial charge in [-0.15, -0.1) is 0 Å². The van der Waals surface area contributed by atoms with Crippen molar-refractivity contribution in [2.75, 3.05) is 0 Å². The molecule has 0 aliphatic heterocycles. The van der Waals surface area contributed by atoms with Crippen LogP contribution in [0.4, 0.5) is 0 Å². The molecule has 0 aromatic carbocycles. The molecule has 0 aromatic heterocycles. The summed E-state index contributed by atoms with van der Waals surface area (Å²) in [4.78, 5) is 11.8. The summed E-state index contributed by atoms with van der Waals surface area (Å²) in [6, 6.07) is 0. The molecule has 1 nitrogen and oxygen atoms in total. The Morgan fingerprint density at radius 2 is 2.20 bits per heavy atom. The topological polar surface area (TPSA) is 17.1 Å². The lowest BCUT2D eigenvalue weighted by atomic mass is 9.71. The molecule has 0 unspecified atom stereocenters. The van der Waals surface area contributed by atoms with E-state index in [0.717, 1.165) is 11.8 Å². The minimum absolute atomic E-state index is 0.289. The van der Waals surface area contributed by atoms with Gasteiger partial charge in [-0.2, -0.15) is 0 Å². The number of hydrogen-bond donors (Lipinski definition) is 0. The summed E-state index contributed by atoms with van der Waals surface area (Å²) in [6.07, 6.45) is 7.93. The fourth-order valence-corrected chi connectivity index (χ4v) is 4.36. The van der Waals surface area contributed by atoms with Crippen molar-refractivity contribution in [3.63, 3.8) is 0 Å². The van der Waals surface area contributed by atoms with E-state index in [1.165, 1.54) is 19.3 Å². The Kier molecular flexibility index (Phi) is 1.64. The quantitative estimate of drug-likeness (QED) is 0.641. The molecule has 0 aromatic rings. The molecule has 0 saturated heterocycles. The highest BCUT2D eigenvalue weighted by atomic mass is 16.1. The average Bonchev–Trinajstić information content (AvgIpc) is 2.56. The van der Waals surface area contributed by atoms with E-state index in [1.807, 2.05) is 6.08 Å². The Morgan fingerprint density at radius 1 is 1.47 bits per heavy atom. The largest absolute Gasteiger partial charge is 0.295 e. The SMILES string of the molecule is CC(C)[C@@H]1CC[C@@]2(C)[C@@H]3C(=O)C=C[C@@]32C1. The summed E-state index contributed by atoms with van der Waals surface area (Å²) < 4.78 is 0. The van der Waals surface area contributed by atoms with Crippen LogP contribution in [-0.2, 0) is 4.79 Å². The predicted molar refractivity (Wildman–Crippen MR) is 60.4 cm³/mol. The van der Waals surface area contributed by atoms with Crippen LogP contribution in [0.1, 0.15) is 40.0 Å². The lowest BCUT2D eigenvalue weighted by molar-refractivity contribution is -0.116. The number of fused-ring (bicyclic) bond motifs is 1. The average molecular weight is 204 g/mol. The van der Waals surface area contributed by atoms with Crippen LogP contribution in [0.5, 0.6) is 0 Å². The van der Waals surface area contributed by atoms with E-state index >= 15 is 0 Å². The molecule has 0 bridgehead atoms. The monoisotopic (exact) mass is 204 g/mol. The van der Waals surface area contributed by atoms with Crippen LogP contribution in [0.3, 0.4) is 0 Å². The highest BCUT2D eigenvalue weighted by Gasteiger charge is 2.77. The van der Waals surface area contributed by atoms with Crippen LogP contribution in [0, 0.1) is 28.6 Å². The molecular weight excluding hydrogens is 184 g/mol. The first-order chi connectivity index (χ1) is 7.01. The third kappa shape index (κ3) is 0.926. The summed E-state index contributed by atoms with van der Waals surface area (Å²) in [5.41, 5.74) is 0.626. The van der Waals surface area contributed by atoms with Crippen LogP contribution < -0.4 is 0 Å². The van der Waals surface area contributed by atoms with Crippen molar-refractivity contribution in [3.05, 3.63) is 12.2 Å². The van der Waals surface area contributed by atoms with E-state index in [1.54, 1.807) is 0 Å². The number of ketones is 1. The number of hydrogen-bond acceptors (Lipinski definition) is 1. The smallest absolute Gasteiger partial charge is 0.159 e. The van der Waals surface area contributed by atoms with Gasteiger partial charge in [0.05, 0.1) is 0 Å². The number of carbonyl (C=O) groups is 1. The van der Waals surface area contributed by atoms with Crippen molar-refractivity contribution in [1.29, 1.82) is 0 Å². The molecule has 1 heteroatoms. The molecule has 3 aliphatic carbocycles. The van der Waals surface area contributed by atoms with Gasteiger partial charge in [-0.05, 0) is 42.6 Å². The highest BCUT2D eigenvalue weighted by Crippen LogP contribution is 2.79. The maximum Gasteiger partial charge on any atom is 0.159 e. The van der Waals surface area contributed by atoms with Crippen molar-refractivity contribution in [2.24, 2.45) is 28.6 Å². The summed E-state index contributed by atoms with van der Waals surface area (Å²) in [7, 11) is 0. The molecule has 2 saturated carbocycles. The number of carbonyl (C=O) groups excluding carboxylic acids is 1. The highest BCUT2D eigenvalue weighted by molar-refractivity contribution is 6.00. The van der Waals surface area contributed by atoms with E-state index < -0.39 is 0 Å². The predicted octanol–water partition coefficient (Wildman–Crippen LogP) is 3.20. The Balaban J connectivity index is 1.91. The third-order valence-corrected chi connectivity index (χ3v) is 5.54. The minimum Gasteiger partial charge on any atom is -0.295 e. The Labute approximate surface area is 91.9 Å². The van der Waals surface area contributed by atoms with E-state index in [-0.39, 0.29) is 5.41 Å². The van der Waals surface area contributed by atoms with Gasteiger partial charge < -0.3 is 0 Å². The van der Waals surface area contributed by atoms with Gasteiger partial charge in [0.2, 0.25) is 0 Å². The zero-order valence-electron chi connectivity index (χ0n) is 9.92. The van der Waals surface area contributed by atoms with Crippen LogP contribution in [0.25, 0.3) is 0 Å². The van der Waals surface area contributed by atoms with Gasteiger partial charge in [-0.3, -0.25) is 4.79 Å². The molecule has 0 heterocycles. The van der Waals surface area contributed by atoms with Gasteiger partial charge in [-0.1, -0.05) is 26.8 Å². The van der Waals surface area contributed by atoms with Gasteiger partial charge in [0.15, 0.2) is 5.78 Å². The Morgan fingerprint density at radius 3 is 2.87 bits per heavy atom. The van der Waals surface area contributed by atoms with Crippen molar-refractivity contribution >= 4 is 5.78 Å². The first kappa shape index (κ1) is 9.62. The Hall–Kier alpha value is -0.590. The van der Waals surface area contributed by atoms with Crippen LogP contribution in [0.15, 0.2) is 12.2 Å². The van der Waals surface area contributed by atoms with E-state index in [2.05, 4.69) is 26.8 Å². The lowest BCUT2D eigenvalue weighted by Gasteiger charge is -2.33. The summed E-state index contributed by atoms with van der Waals surface area (Å²) in [5, 5.41) is 0. The molecule has 4 atom stereocenters. The first-order valence-electron chi connectivity index (χ1n) is 6.24. The van der Waals surface area contributed by atoms with Crippen molar-refractivity contribution in [3.8, 4) is 0 Å². The fourth-order valence-electron chi connectivity index (χ4n) is 4.36. The summed E-state index contributed by atoms with van der Waals surface area (Å²) in [5.74, 6) is 2.36. The maximum atomic E-state index is 11.8. The van der Waals surface area contributed by atoms with Crippen LogP contribution >= 0.6 is 0 Å². The molecule has 0 amide bonds. The standard InChI is InChI=1S/C14H20O/c1-9(2)10-4-6-13(3)12-11(15)5-7-14(12,13)8-10/h5,7,9-10,12H,4,6,8H2,1-3H3/t10-,12+,13+,14-/m1/s1. The molecule has 82 valence electrons. The molecule has 1 spiro atoms. The van der Waals surface area contributed by atoms with Gasteiger partial charge in [0.25, 0.3) is 0 Å². The first-order valence-corrected chi connectivity index (χ1v) is 6.24. The summed E-state index contributed by atoms with van der Waals surface area (Å²) >= 11 is 0. The van der Waals surface area contributed by atoms with E-state index in [4.69, 9.17) is 0 Å². The lowest BCUT2D eigenvalue weighted by Crippen LogP contribution is -2.24. The zero-order chi connectivity index (χ0) is 10.8. The summed E-state index contributed by atoms with van der Waals surface area (Å²) in [6.45, 7) is 6.97. The van der Waals surface area contributed by atoms with Gasteiger partial charge in [0.1, 0.15) is 0 Å². The van der Waals surface area contributed by atoms with Crippen molar-refractivity contribution < 1.29 is 4.79 Å². The minimum atomic E-state index is 0.289. The van der Waals surface area contributed by atoms with E-state index in [9.17, 15) is 4.79 Å². The van der Waals surface area contributed by atoms with Gasteiger partial charge >= 0.3 is 0 Å². The zero-order valence-corrected chi connectivity index (χ0v) is 9.92. The number of rotatable bonds is 1. The van der Waals surface area contributed by atoms with Crippen LogP contribution in [0.2, 0.25) is 0 Å². The Bertz CT molecular complexity index is 354. The van der Waals surface area contributed by atoms with Gasteiger partial charge in [-0.25, -0.2) is 0 Å².